The molecule has 5 nitrogen and oxygen atoms in total. The highest BCUT2D eigenvalue weighted by molar-refractivity contribution is 5.89. The van der Waals surface area contributed by atoms with E-state index in [1.54, 1.807) is 12.5 Å². The summed E-state index contributed by atoms with van der Waals surface area (Å²) in [7, 11) is 0. The predicted octanol–water partition coefficient (Wildman–Crippen LogP) is 5.08. The Hall–Kier alpha value is -3.08. The van der Waals surface area contributed by atoms with Crippen molar-refractivity contribution < 1.29 is 4.42 Å². The van der Waals surface area contributed by atoms with Crippen molar-refractivity contribution in [1.82, 2.24) is 15.0 Å². The predicted molar refractivity (Wildman–Crippen MR) is 95.4 cm³/mol. The smallest absolute Gasteiger partial charge is 0.174 e. The summed E-state index contributed by atoms with van der Waals surface area (Å²) in [6.07, 6.45) is 3.40. The molecule has 1 aromatic carbocycles. The Morgan fingerprint density at radius 3 is 2.62 bits per heavy atom. The SMILES string of the molecule is CC(C)c1ccc(Nc2nccc3[nH]c(-c4ccco4)nc23)cc1. The van der Waals surface area contributed by atoms with E-state index < -0.39 is 0 Å². The maximum Gasteiger partial charge on any atom is 0.174 e. The van der Waals surface area contributed by atoms with Crippen LogP contribution in [0.2, 0.25) is 0 Å². The standard InChI is InChI=1S/C19H18N4O/c1-12(2)13-5-7-14(8-6-13)21-19-17-15(9-10-20-19)22-18(23-17)16-4-3-11-24-16/h3-12H,1-2H3,(H,20,21)(H,22,23). The first-order valence-electron chi connectivity index (χ1n) is 7.96. The van der Waals surface area contributed by atoms with E-state index >= 15 is 0 Å². The first-order valence-corrected chi connectivity index (χ1v) is 7.96. The summed E-state index contributed by atoms with van der Waals surface area (Å²) in [5.41, 5.74) is 4.00. The lowest BCUT2D eigenvalue weighted by atomic mass is 10.0. The van der Waals surface area contributed by atoms with Crippen molar-refractivity contribution in [3.05, 3.63) is 60.5 Å². The second kappa shape index (κ2) is 5.85. The van der Waals surface area contributed by atoms with E-state index in [1.807, 2.05) is 18.2 Å². The molecule has 0 unspecified atom stereocenters. The molecule has 4 rings (SSSR count). The van der Waals surface area contributed by atoms with E-state index in [-0.39, 0.29) is 0 Å². The second-order valence-corrected chi connectivity index (χ2v) is 6.02. The van der Waals surface area contributed by atoms with E-state index in [2.05, 4.69) is 58.4 Å². The fourth-order valence-corrected chi connectivity index (χ4v) is 2.64. The molecule has 0 aliphatic rings. The number of anilines is 2. The number of rotatable bonds is 4. The number of hydrogen-bond donors (Lipinski definition) is 2. The normalized spacial score (nSPS) is 11.3. The highest BCUT2D eigenvalue weighted by Crippen LogP contribution is 2.27. The molecule has 0 saturated heterocycles. The van der Waals surface area contributed by atoms with Gasteiger partial charge in [-0.1, -0.05) is 26.0 Å². The number of hydrogen-bond acceptors (Lipinski definition) is 4. The largest absolute Gasteiger partial charge is 0.461 e. The van der Waals surface area contributed by atoms with Gasteiger partial charge in [0.15, 0.2) is 17.4 Å². The van der Waals surface area contributed by atoms with Crippen molar-refractivity contribution in [2.24, 2.45) is 0 Å². The maximum absolute atomic E-state index is 5.41. The van der Waals surface area contributed by atoms with E-state index in [9.17, 15) is 0 Å². The van der Waals surface area contributed by atoms with Crippen LogP contribution in [-0.4, -0.2) is 15.0 Å². The van der Waals surface area contributed by atoms with Gasteiger partial charge in [-0.2, -0.15) is 0 Å². The Kier molecular flexibility index (Phi) is 3.54. The van der Waals surface area contributed by atoms with E-state index in [0.29, 0.717) is 17.5 Å². The zero-order chi connectivity index (χ0) is 16.5. The van der Waals surface area contributed by atoms with Gasteiger partial charge in [0.25, 0.3) is 0 Å². The van der Waals surface area contributed by atoms with Gasteiger partial charge in [0, 0.05) is 11.9 Å². The molecule has 0 amide bonds. The van der Waals surface area contributed by atoms with Crippen LogP contribution in [0.25, 0.3) is 22.6 Å². The van der Waals surface area contributed by atoms with Gasteiger partial charge in [-0.25, -0.2) is 9.97 Å². The van der Waals surface area contributed by atoms with Crippen LogP contribution in [-0.2, 0) is 0 Å². The van der Waals surface area contributed by atoms with Crippen LogP contribution in [0.3, 0.4) is 0 Å². The Bertz CT molecular complexity index is 953. The van der Waals surface area contributed by atoms with Crippen LogP contribution in [0, 0.1) is 0 Å². The molecule has 0 aliphatic carbocycles. The number of H-pyrrole nitrogens is 1. The van der Waals surface area contributed by atoms with Crippen molar-refractivity contribution in [3.63, 3.8) is 0 Å². The fourth-order valence-electron chi connectivity index (χ4n) is 2.64. The van der Waals surface area contributed by atoms with Gasteiger partial charge in [-0.05, 0) is 41.8 Å². The number of pyridine rings is 1. The zero-order valence-corrected chi connectivity index (χ0v) is 13.6. The quantitative estimate of drug-likeness (QED) is 0.550. The van der Waals surface area contributed by atoms with Crippen molar-refractivity contribution in [1.29, 1.82) is 0 Å². The molecule has 3 aromatic heterocycles. The minimum absolute atomic E-state index is 0.516. The topological polar surface area (TPSA) is 66.7 Å². The van der Waals surface area contributed by atoms with Crippen molar-refractivity contribution in [2.45, 2.75) is 19.8 Å². The molecule has 0 bridgehead atoms. The van der Waals surface area contributed by atoms with Gasteiger partial charge in [0.2, 0.25) is 0 Å². The van der Waals surface area contributed by atoms with Crippen LogP contribution >= 0.6 is 0 Å². The van der Waals surface area contributed by atoms with Gasteiger partial charge in [-0.15, -0.1) is 0 Å². The van der Waals surface area contributed by atoms with Crippen LogP contribution in [0.1, 0.15) is 25.3 Å². The molecule has 0 radical (unpaired) electrons. The minimum atomic E-state index is 0.516. The third-order valence-electron chi connectivity index (χ3n) is 4.00. The average Bonchev–Trinajstić information content (AvgIpc) is 3.25. The Morgan fingerprint density at radius 2 is 1.92 bits per heavy atom. The number of aromatic amines is 1. The summed E-state index contributed by atoms with van der Waals surface area (Å²) in [6, 6.07) is 14.0. The molecule has 0 spiro atoms. The number of furan rings is 1. The Morgan fingerprint density at radius 1 is 1.08 bits per heavy atom. The minimum Gasteiger partial charge on any atom is -0.461 e. The maximum atomic E-state index is 5.41. The lowest BCUT2D eigenvalue weighted by Crippen LogP contribution is -1.95. The molecule has 3 heterocycles. The van der Waals surface area contributed by atoms with E-state index in [4.69, 9.17) is 4.42 Å². The second-order valence-electron chi connectivity index (χ2n) is 6.02. The van der Waals surface area contributed by atoms with Crippen molar-refractivity contribution >= 4 is 22.5 Å². The number of fused-ring (bicyclic) bond motifs is 1. The average molecular weight is 318 g/mol. The van der Waals surface area contributed by atoms with Crippen LogP contribution in [0.4, 0.5) is 11.5 Å². The molecule has 2 N–H and O–H groups in total. The van der Waals surface area contributed by atoms with Gasteiger partial charge in [0.05, 0.1) is 11.8 Å². The highest BCUT2D eigenvalue weighted by Gasteiger charge is 2.12. The van der Waals surface area contributed by atoms with Crippen LogP contribution in [0.15, 0.2) is 59.3 Å². The molecular formula is C19H18N4O. The Labute approximate surface area is 139 Å². The van der Waals surface area contributed by atoms with Crippen molar-refractivity contribution in [3.8, 4) is 11.6 Å². The first-order chi connectivity index (χ1) is 11.7. The summed E-state index contributed by atoms with van der Waals surface area (Å²) in [5, 5.41) is 3.35. The van der Waals surface area contributed by atoms with Gasteiger partial charge >= 0.3 is 0 Å². The van der Waals surface area contributed by atoms with Crippen molar-refractivity contribution in [2.75, 3.05) is 5.32 Å². The Balaban J connectivity index is 1.69. The van der Waals surface area contributed by atoms with Crippen LogP contribution in [0.5, 0.6) is 0 Å². The number of nitrogens with one attached hydrogen (secondary N) is 2. The lowest BCUT2D eigenvalue weighted by Gasteiger charge is -2.09. The molecule has 24 heavy (non-hydrogen) atoms. The molecule has 0 aliphatic heterocycles. The summed E-state index contributed by atoms with van der Waals surface area (Å²) in [5.74, 6) is 2.64. The molecule has 0 saturated carbocycles. The third-order valence-corrected chi connectivity index (χ3v) is 4.00. The molecular weight excluding hydrogens is 300 g/mol. The van der Waals surface area contributed by atoms with E-state index in [0.717, 1.165) is 22.5 Å². The third kappa shape index (κ3) is 2.65. The molecule has 5 heteroatoms. The fraction of sp³-hybridized carbons (Fsp3) is 0.158. The highest BCUT2D eigenvalue weighted by atomic mass is 16.3. The number of benzene rings is 1. The monoisotopic (exact) mass is 318 g/mol. The summed E-state index contributed by atoms with van der Waals surface area (Å²) < 4.78 is 5.41. The molecule has 0 fully saturated rings. The number of imidazole rings is 1. The van der Waals surface area contributed by atoms with Gasteiger partial charge in [-0.3, -0.25) is 0 Å². The number of aromatic nitrogens is 3. The van der Waals surface area contributed by atoms with Crippen LogP contribution < -0.4 is 5.32 Å². The summed E-state index contributed by atoms with van der Waals surface area (Å²) in [4.78, 5) is 12.3. The molecule has 120 valence electrons. The molecule has 0 atom stereocenters. The van der Waals surface area contributed by atoms with E-state index in [1.165, 1.54) is 5.56 Å². The molecule has 4 aromatic rings. The lowest BCUT2D eigenvalue weighted by molar-refractivity contribution is 0.578. The van der Waals surface area contributed by atoms with Gasteiger partial charge < -0.3 is 14.7 Å². The summed E-state index contributed by atoms with van der Waals surface area (Å²) in [6.45, 7) is 4.37. The number of nitrogens with zero attached hydrogens (tertiary/aromatic N) is 2. The van der Waals surface area contributed by atoms with Gasteiger partial charge in [0.1, 0.15) is 5.52 Å². The zero-order valence-electron chi connectivity index (χ0n) is 13.6. The first kappa shape index (κ1) is 14.5. The summed E-state index contributed by atoms with van der Waals surface area (Å²) >= 11 is 0.